The number of hydrogen-bond acceptors (Lipinski definition) is 3. The molecule has 0 aromatic rings. The number of Topliss-reactive ketones (excluding diaryl/α,β-unsaturated/α-hetero) is 1. The summed E-state index contributed by atoms with van der Waals surface area (Å²) in [4.78, 5) is 17.7. The van der Waals surface area contributed by atoms with Gasteiger partial charge < -0.3 is 4.90 Å². The average Bonchev–Trinajstić information content (AvgIpc) is 2.12. The Bertz CT molecular complexity index is 397. The van der Waals surface area contributed by atoms with E-state index in [0.29, 0.717) is 18.5 Å². The van der Waals surface area contributed by atoms with Crippen LogP contribution in [0.5, 0.6) is 0 Å². The Labute approximate surface area is 96.3 Å². The molecular formula is C12H17N3O. The second-order valence-electron chi connectivity index (χ2n) is 5.08. The molecule has 4 nitrogen and oxygen atoms in total. The van der Waals surface area contributed by atoms with E-state index in [9.17, 15) is 4.79 Å². The molecule has 16 heavy (non-hydrogen) atoms. The summed E-state index contributed by atoms with van der Waals surface area (Å²) >= 11 is 0. The van der Waals surface area contributed by atoms with Crippen molar-refractivity contribution in [3.8, 4) is 6.07 Å². The second kappa shape index (κ2) is 4.48. The fraction of sp³-hybridized carbons (Fsp3) is 0.583. The number of aliphatic imine (C=N–C) groups is 1. The maximum Gasteiger partial charge on any atom is 0.175 e. The molecule has 0 bridgehead atoms. The van der Waals surface area contributed by atoms with Gasteiger partial charge in [0.1, 0.15) is 11.6 Å². The zero-order valence-corrected chi connectivity index (χ0v) is 10.2. The van der Waals surface area contributed by atoms with Crippen LogP contribution in [0.3, 0.4) is 0 Å². The molecule has 0 atom stereocenters. The molecule has 0 heterocycles. The highest BCUT2D eigenvalue weighted by molar-refractivity contribution is 6.01. The van der Waals surface area contributed by atoms with E-state index < -0.39 is 0 Å². The van der Waals surface area contributed by atoms with Crippen LogP contribution in [0.1, 0.15) is 26.7 Å². The second-order valence-corrected chi connectivity index (χ2v) is 5.08. The van der Waals surface area contributed by atoms with Crippen LogP contribution in [0.15, 0.2) is 16.3 Å². The molecule has 0 spiro atoms. The Balaban J connectivity index is 3.09. The van der Waals surface area contributed by atoms with Crippen molar-refractivity contribution in [2.24, 2.45) is 10.4 Å². The van der Waals surface area contributed by atoms with Gasteiger partial charge in [-0.25, -0.2) is 4.99 Å². The lowest BCUT2D eigenvalue weighted by Gasteiger charge is -2.28. The molecule has 0 saturated carbocycles. The van der Waals surface area contributed by atoms with Gasteiger partial charge in [-0.15, -0.1) is 0 Å². The SMILES string of the molecule is CN(C)C=NC1=C(C#N)C(=O)CC(C)(C)C1. The maximum atomic E-state index is 11.7. The minimum atomic E-state index is -0.101. The molecule has 0 aromatic heterocycles. The topological polar surface area (TPSA) is 56.5 Å². The molecule has 1 rings (SSSR count). The van der Waals surface area contributed by atoms with Crippen LogP contribution in [0.4, 0.5) is 0 Å². The molecule has 1 aliphatic carbocycles. The molecule has 0 amide bonds. The van der Waals surface area contributed by atoms with E-state index in [1.807, 2.05) is 34.0 Å². The Morgan fingerprint density at radius 3 is 2.56 bits per heavy atom. The van der Waals surface area contributed by atoms with Crippen molar-refractivity contribution in [3.05, 3.63) is 11.3 Å². The minimum Gasteiger partial charge on any atom is -0.369 e. The molecule has 0 fully saturated rings. The minimum absolute atomic E-state index is 0.0929. The molecule has 0 saturated heterocycles. The molecule has 86 valence electrons. The van der Waals surface area contributed by atoms with Crippen molar-refractivity contribution in [2.45, 2.75) is 26.7 Å². The van der Waals surface area contributed by atoms with Gasteiger partial charge in [0.15, 0.2) is 5.78 Å². The van der Waals surface area contributed by atoms with E-state index >= 15 is 0 Å². The summed E-state index contributed by atoms with van der Waals surface area (Å²) in [5, 5.41) is 8.95. The lowest BCUT2D eigenvalue weighted by molar-refractivity contribution is -0.117. The molecule has 4 heteroatoms. The van der Waals surface area contributed by atoms with Crippen LogP contribution < -0.4 is 0 Å². The third-order valence-electron chi connectivity index (χ3n) is 2.41. The first-order chi connectivity index (χ1) is 7.35. The van der Waals surface area contributed by atoms with Crippen LogP contribution in [0, 0.1) is 16.7 Å². The number of rotatable bonds is 2. The fourth-order valence-electron chi connectivity index (χ4n) is 1.71. The van der Waals surface area contributed by atoms with Crippen molar-refractivity contribution in [3.63, 3.8) is 0 Å². The van der Waals surface area contributed by atoms with Crippen molar-refractivity contribution >= 4 is 12.1 Å². The van der Waals surface area contributed by atoms with E-state index in [1.165, 1.54) is 0 Å². The van der Waals surface area contributed by atoms with Gasteiger partial charge in [-0.1, -0.05) is 13.8 Å². The number of nitriles is 1. The largest absolute Gasteiger partial charge is 0.369 e. The number of carbonyl (C=O) groups excluding carboxylic acids is 1. The van der Waals surface area contributed by atoms with Crippen molar-refractivity contribution in [2.75, 3.05) is 14.1 Å². The van der Waals surface area contributed by atoms with Gasteiger partial charge in [-0.05, 0) is 11.8 Å². The summed E-state index contributed by atoms with van der Waals surface area (Å²) in [7, 11) is 3.71. The van der Waals surface area contributed by atoms with Crippen LogP contribution in [-0.4, -0.2) is 31.1 Å². The van der Waals surface area contributed by atoms with Crippen LogP contribution >= 0.6 is 0 Å². The van der Waals surface area contributed by atoms with Gasteiger partial charge in [0.25, 0.3) is 0 Å². The maximum absolute atomic E-state index is 11.7. The predicted octanol–water partition coefficient (Wildman–Crippen LogP) is 1.74. The molecular weight excluding hydrogens is 202 g/mol. The fourth-order valence-corrected chi connectivity index (χ4v) is 1.71. The van der Waals surface area contributed by atoms with Crippen molar-refractivity contribution < 1.29 is 4.79 Å². The van der Waals surface area contributed by atoms with E-state index in [4.69, 9.17) is 5.26 Å². The number of nitrogens with zero attached hydrogens (tertiary/aromatic N) is 3. The van der Waals surface area contributed by atoms with Gasteiger partial charge in [-0.3, -0.25) is 4.79 Å². The van der Waals surface area contributed by atoms with Crippen molar-refractivity contribution in [1.82, 2.24) is 4.90 Å². The Kier molecular flexibility index (Phi) is 3.48. The molecule has 0 aliphatic heterocycles. The van der Waals surface area contributed by atoms with Gasteiger partial charge in [0, 0.05) is 20.5 Å². The van der Waals surface area contributed by atoms with Gasteiger partial charge in [-0.2, -0.15) is 5.26 Å². The average molecular weight is 219 g/mol. The first kappa shape index (κ1) is 12.4. The quantitative estimate of drug-likeness (QED) is 0.525. The van der Waals surface area contributed by atoms with E-state index in [-0.39, 0.29) is 16.8 Å². The Hall–Kier alpha value is -1.63. The third-order valence-corrected chi connectivity index (χ3v) is 2.41. The highest BCUT2D eigenvalue weighted by Gasteiger charge is 2.32. The summed E-state index contributed by atoms with van der Waals surface area (Å²) in [6.45, 7) is 4.04. The van der Waals surface area contributed by atoms with Gasteiger partial charge in [0.05, 0.1) is 12.0 Å². The molecule has 0 radical (unpaired) electrons. The number of ketones is 1. The lowest BCUT2D eigenvalue weighted by Crippen LogP contribution is -2.25. The lowest BCUT2D eigenvalue weighted by atomic mass is 9.76. The van der Waals surface area contributed by atoms with E-state index in [0.717, 1.165) is 0 Å². The van der Waals surface area contributed by atoms with Crippen LogP contribution in [0.25, 0.3) is 0 Å². The highest BCUT2D eigenvalue weighted by atomic mass is 16.1. The summed E-state index contributed by atoms with van der Waals surface area (Å²) < 4.78 is 0. The number of hydrogen-bond donors (Lipinski definition) is 0. The van der Waals surface area contributed by atoms with E-state index in [2.05, 4.69) is 4.99 Å². The highest BCUT2D eigenvalue weighted by Crippen LogP contribution is 2.36. The first-order valence-corrected chi connectivity index (χ1v) is 5.23. The third kappa shape index (κ3) is 2.93. The zero-order valence-electron chi connectivity index (χ0n) is 10.2. The Morgan fingerprint density at radius 2 is 2.06 bits per heavy atom. The van der Waals surface area contributed by atoms with Crippen LogP contribution in [-0.2, 0) is 4.79 Å². The molecule has 0 N–H and O–H groups in total. The summed E-state index contributed by atoms with van der Waals surface area (Å²) in [6, 6.07) is 1.96. The Morgan fingerprint density at radius 1 is 1.44 bits per heavy atom. The first-order valence-electron chi connectivity index (χ1n) is 5.23. The van der Waals surface area contributed by atoms with Crippen molar-refractivity contribution in [1.29, 1.82) is 5.26 Å². The number of carbonyl (C=O) groups is 1. The van der Waals surface area contributed by atoms with Gasteiger partial charge >= 0.3 is 0 Å². The van der Waals surface area contributed by atoms with Gasteiger partial charge in [0.2, 0.25) is 0 Å². The molecule has 0 unspecified atom stereocenters. The summed E-state index contributed by atoms with van der Waals surface area (Å²) in [6.07, 6.45) is 2.73. The standard InChI is InChI=1S/C12H17N3O/c1-12(2)5-10(14-8-15(3)4)9(7-13)11(16)6-12/h8H,5-6H2,1-4H3. The van der Waals surface area contributed by atoms with Crippen LogP contribution in [0.2, 0.25) is 0 Å². The number of allylic oxidation sites excluding steroid dienone is 2. The normalized spacial score (nSPS) is 20.1. The summed E-state index contributed by atoms with van der Waals surface area (Å²) in [5.41, 5.74) is 0.728. The predicted molar refractivity (Wildman–Crippen MR) is 62.8 cm³/mol. The molecule has 1 aliphatic rings. The summed E-state index contributed by atoms with van der Waals surface area (Å²) in [5.74, 6) is -0.0929. The monoisotopic (exact) mass is 219 g/mol. The van der Waals surface area contributed by atoms with E-state index in [1.54, 1.807) is 11.2 Å². The molecule has 0 aromatic carbocycles. The smallest absolute Gasteiger partial charge is 0.175 e. The zero-order chi connectivity index (χ0) is 12.3.